The van der Waals surface area contributed by atoms with Crippen LogP contribution in [-0.2, 0) is 4.74 Å². The van der Waals surface area contributed by atoms with E-state index in [2.05, 4.69) is 26.5 Å². The van der Waals surface area contributed by atoms with Crippen molar-refractivity contribution in [3.8, 4) is 0 Å². The van der Waals surface area contributed by atoms with Crippen molar-refractivity contribution in [2.24, 2.45) is 5.92 Å². The van der Waals surface area contributed by atoms with Gasteiger partial charge >= 0.3 is 5.97 Å². The fraction of sp³-hybridized carbons (Fsp3) is 0.615. The summed E-state index contributed by atoms with van der Waals surface area (Å²) >= 11 is 0. The largest absolute Gasteiger partial charge is 0.464 e. The van der Waals surface area contributed by atoms with E-state index in [1.54, 1.807) is 6.20 Å². The van der Waals surface area contributed by atoms with Gasteiger partial charge in [-0.1, -0.05) is 13.3 Å². The first kappa shape index (κ1) is 12.8. The van der Waals surface area contributed by atoms with E-state index in [0.29, 0.717) is 0 Å². The van der Waals surface area contributed by atoms with E-state index in [4.69, 9.17) is 0 Å². The monoisotopic (exact) mass is 249 g/mol. The Morgan fingerprint density at radius 3 is 2.78 bits per heavy atom. The van der Waals surface area contributed by atoms with Crippen molar-refractivity contribution in [3.05, 3.63) is 18.1 Å². The molecule has 1 aromatic rings. The lowest BCUT2D eigenvalue weighted by Crippen LogP contribution is -2.34. The van der Waals surface area contributed by atoms with Gasteiger partial charge in [0.15, 0.2) is 5.69 Å². The molecule has 98 valence electrons. The summed E-state index contributed by atoms with van der Waals surface area (Å²) in [4.78, 5) is 22.0. The maximum absolute atomic E-state index is 11.4. The Morgan fingerprint density at radius 1 is 1.44 bits per heavy atom. The second kappa shape index (κ2) is 5.80. The summed E-state index contributed by atoms with van der Waals surface area (Å²) in [5, 5.41) is 0. The molecule has 0 amide bonds. The smallest absolute Gasteiger partial charge is 0.358 e. The number of hydrogen-bond donors (Lipinski definition) is 0. The third-order valence-corrected chi connectivity index (χ3v) is 3.53. The van der Waals surface area contributed by atoms with Gasteiger partial charge in [0.05, 0.1) is 19.5 Å². The molecule has 1 aromatic heterocycles. The normalized spacial score (nSPS) is 16.7. The van der Waals surface area contributed by atoms with Crippen LogP contribution in [0, 0.1) is 5.92 Å². The minimum atomic E-state index is -0.437. The molecule has 0 spiro atoms. The summed E-state index contributed by atoms with van der Waals surface area (Å²) in [7, 11) is 1.35. The van der Waals surface area contributed by atoms with Gasteiger partial charge in [-0.3, -0.25) is 4.98 Å². The fourth-order valence-corrected chi connectivity index (χ4v) is 2.28. The van der Waals surface area contributed by atoms with Crippen LogP contribution in [0.1, 0.15) is 36.7 Å². The van der Waals surface area contributed by atoms with Gasteiger partial charge in [-0.15, -0.1) is 0 Å². The molecule has 5 heteroatoms. The predicted octanol–water partition coefficient (Wildman–Crippen LogP) is 1.89. The number of rotatable bonds is 3. The Morgan fingerprint density at radius 2 is 2.17 bits per heavy atom. The first-order valence-electron chi connectivity index (χ1n) is 6.40. The molecule has 18 heavy (non-hydrogen) atoms. The van der Waals surface area contributed by atoms with Crippen LogP contribution in [0.4, 0.5) is 5.82 Å². The van der Waals surface area contributed by atoms with Crippen molar-refractivity contribution in [3.63, 3.8) is 0 Å². The lowest BCUT2D eigenvalue weighted by molar-refractivity contribution is 0.0593. The van der Waals surface area contributed by atoms with E-state index in [9.17, 15) is 4.79 Å². The standard InChI is InChI=1S/C13H19N3O2/c1-3-10-4-6-16(7-5-10)12-9-14-8-11(15-12)13(17)18-2/h8-10H,3-7H2,1-2H3. The highest BCUT2D eigenvalue weighted by Crippen LogP contribution is 2.23. The number of piperidine rings is 1. The van der Waals surface area contributed by atoms with Gasteiger partial charge in [0.1, 0.15) is 5.82 Å². The minimum Gasteiger partial charge on any atom is -0.464 e. The summed E-state index contributed by atoms with van der Waals surface area (Å²) in [6.45, 7) is 4.20. The van der Waals surface area contributed by atoms with Crippen molar-refractivity contribution < 1.29 is 9.53 Å². The molecule has 0 atom stereocenters. The first-order chi connectivity index (χ1) is 8.74. The molecule has 2 rings (SSSR count). The molecular formula is C13H19N3O2. The summed E-state index contributed by atoms with van der Waals surface area (Å²) in [5.74, 6) is 1.15. The highest BCUT2D eigenvalue weighted by molar-refractivity contribution is 5.87. The average molecular weight is 249 g/mol. The van der Waals surface area contributed by atoms with Gasteiger partial charge in [0.25, 0.3) is 0 Å². The van der Waals surface area contributed by atoms with E-state index < -0.39 is 5.97 Å². The van der Waals surface area contributed by atoms with Crippen LogP contribution in [0.15, 0.2) is 12.4 Å². The molecule has 1 fully saturated rings. The number of carbonyl (C=O) groups is 1. The van der Waals surface area contributed by atoms with Crippen molar-refractivity contribution in [1.29, 1.82) is 0 Å². The van der Waals surface area contributed by atoms with Gasteiger partial charge in [0.2, 0.25) is 0 Å². The van der Waals surface area contributed by atoms with E-state index in [-0.39, 0.29) is 5.69 Å². The lowest BCUT2D eigenvalue weighted by Gasteiger charge is -2.32. The summed E-state index contributed by atoms with van der Waals surface area (Å²) in [6, 6.07) is 0. The molecular weight excluding hydrogens is 230 g/mol. The molecule has 2 heterocycles. The maximum atomic E-state index is 11.4. The van der Waals surface area contributed by atoms with Gasteiger partial charge in [-0.25, -0.2) is 9.78 Å². The van der Waals surface area contributed by atoms with Crippen LogP contribution in [0.25, 0.3) is 0 Å². The van der Waals surface area contributed by atoms with E-state index in [1.807, 2.05) is 0 Å². The SMILES string of the molecule is CCC1CCN(c2cncc(C(=O)OC)n2)CC1. The van der Waals surface area contributed by atoms with Crippen molar-refractivity contribution >= 4 is 11.8 Å². The van der Waals surface area contributed by atoms with Gasteiger partial charge < -0.3 is 9.64 Å². The Hall–Kier alpha value is -1.65. The number of anilines is 1. The number of ether oxygens (including phenoxy) is 1. The summed E-state index contributed by atoms with van der Waals surface area (Å²) < 4.78 is 4.65. The molecule has 0 radical (unpaired) electrons. The second-order valence-electron chi connectivity index (χ2n) is 4.59. The third-order valence-electron chi connectivity index (χ3n) is 3.53. The van der Waals surface area contributed by atoms with Crippen LogP contribution >= 0.6 is 0 Å². The molecule has 0 aromatic carbocycles. The molecule has 1 saturated heterocycles. The number of carbonyl (C=O) groups excluding carboxylic acids is 1. The second-order valence-corrected chi connectivity index (χ2v) is 4.59. The Bertz CT molecular complexity index is 414. The number of esters is 1. The Kier molecular flexibility index (Phi) is 4.12. The van der Waals surface area contributed by atoms with Gasteiger partial charge in [-0.2, -0.15) is 0 Å². The molecule has 0 unspecified atom stereocenters. The predicted molar refractivity (Wildman–Crippen MR) is 68.6 cm³/mol. The van der Waals surface area contributed by atoms with Crippen molar-refractivity contribution in [2.75, 3.05) is 25.1 Å². The topological polar surface area (TPSA) is 55.3 Å². The molecule has 1 aliphatic rings. The van der Waals surface area contributed by atoms with Crippen LogP contribution in [0.2, 0.25) is 0 Å². The third kappa shape index (κ3) is 2.78. The van der Waals surface area contributed by atoms with E-state index in [1.165, 1.54) is 32.6 Å². The zero-order chi connectivity index (χ0) is 13.0. The van der Waals surface area contributed by atoms with Crippen LogP contribution < -0.4 is 4.90 Å². The highest BCUT2D eigenvalue weighted by Gasteiger charge is 2.20. The first-order valence-corrected chi connectivity index (χ1v) is 6.40. The number of nitrogens with zero attached hydrogens (tertiary/aromatic N) is 3. The van der Waals surface area contributed by atoms with Crippen LogP contribution in [0.5, 0.6) is 0 Å². The Labute approximate surface area is 107 Å². The van der Waals surface area contributed by atoms with Gasteiger partial charge in [0, 0.05) is 13.1 Å². The van der Waals surface area contributed by atoms with Crippen molar-refractivity contribution in [1.82, 2.24) is 9.97 Å². The minimum absolute atomic E-state index is 0.271. The number of methoxy groups -OCH3 is 1. The number of aromatic nitrogens is 2. The molecule has 1 aliphatic heterocycles. The highest BCUT2D eigenvalue weighted by atomic mass is 16.5. The van der Waals surface area contributed by atoms with Crippen LogP contribution in [0.3, 0.4) is 0 Å². The average Bonchev–Trinajstić information content (AvgIpc) is 2.46. The quantitative estimate of drug-likeness (QED) is 0.766. The van der Waals surface area contributed by atoms with E-state index >= 15 is 0 Å². The van der Waals surface area contributed by atoms with Gasteiger partial charge in [-0.05, 0) is 18.8 Å². The number of hydrogen-bond acceptors (Lipinski definition) is 5. The van der Waals surface area contributed by atoms with Crippen molar-refractivity contribution in [2.45, 2.75) is 26.2 Å². The summed E-state index contributed by atoms with van der Waals surface area (Å²) in [5.41, 5.74) is 0.271. The maximum Gasteiger partial charge on any atom is 0.358 e. The molecule has 0 aliphatic carbocycles. The van der Waals surface area contributed by atoms with E-state index in [0.717, 1.165) is 24.8 Å². The zero-order valence-electron chi connectivity index (χ0n) is 10.9. The van der Waals surface area contributed by atoms with Crippen LogP contribution in [-0.4, -0.2) is 36.1 Å². The zero-order valence-corrected chi connectivity index (χ0v) is 10.9. The lowest BCUT2D eigenvalue weighted by atomic mass is 9.94. The molecule has 5 nitrogen and oxygen atoms in total. The molecule has 0 saturated carbocycles. The molecule has 0 bridgehead atoms. The molecule has 0 N–H and O–H groups in total. The Balaban J connectivity index is 2.07. The fourth-order valence-electron chi connectivity index (χ4n) is 2.28. The summed E-state index contributed by atoms with van der Waals surface area (Å²) in [6.07, 6.45) is 6.75.